The number of fused-ring (bicyclic) bond motifs is 1. The van der Waals surface area contributed by atoms with E-state index < -0.39 is 0 Å². The van der Waals surface area contributed by atoms with Crippen LogP contribution >= 0.6 is 11.3 Å². The van der Waals surface area contributed by atoms with Crippen LogP contribution in [0.5, 0.6) is 0 Å². The number of aromatic nitrogens is 2. The van der Waals surface area contributed by atoms with Gasteiger partial charge in [0.05, 0.1) is 11.8 Å². The van der Waals surface area contributed by atoms with E-state index in [1.54, 1.807) is 10.9 Å². The summed E-state index contributed by atoms with van der Waals surface area (Å²) in [7, 11) is 0. The van der Waals surface area contributed by atoms with Crippen LogP contribution in [0.1, 0.15) is 6.42 Å². The van der Waals surface area contributed by atoms with Gasteiger partial charge in [0.15, 0.2) is 0 Å². The topological polar surface area (TPSA) is 58.4 Å². The van der Waals surface area contributed by atoms with Gasteiger partial charge >= 0.3 is 0 Å². The van der Waals surface area contributed by atoms with Gasteiger partial charge in [0.1, 0.15) is 4.70 Å². The fourth-order valence-corrected chi connectivity index (χ4v) is 3.33. The molecule has 0 saturated heterocycles. The maximum Gasteiger partial charge on any atom is 0.271 e. The number of aliphatic hydroxyl groups is 1. The maximum atomic E-state index is 12.4. The lowest BCUT2D eigenvalue weighted by Gasteiger charge is -2.24. The Hall–Kier alpha value is -2.18. The zero-order valence-electron chi connectivity index (χ0n) is 12.8. The second-order valence-electron chi connectivity index (χ2n) is 5.28. The Morgan fingerprint density at radius 1 is 1.17 bits per heavy atom. The van der Waals surface area contributed by atoms with Gasteiger partial charge in [-0.1, -0.05) is 18.2 Å². The largest absolute Gasteiger partial charge is 0.396 e. The maximum absolute atomic E-state index is 12.4. The number of thiophene rings is 1. The van der Waals surface area contributed by atoms with Gasteiger partial charge in [-0.05, 0) is 30.0 Å². The lowest BCUT2D eigenvalue weighted by Crippen LogP contribution is -2.32. The average molecular weight is 329 g/mol. The van der Waals surface area contributed by atoms with Gasteiger partial charge in [0.25, 0.3) is 5.56 Å². The summed E-state index contributed by atoms with van der Waals surface area (Å²) in [5.41, 5.74) is 1.87. The summed E-state index contributed by atoms with van der Waals surface area (Å²) in [5.74, 6) is 0. The number of aliphatic hydroxyl groups excluding tert-OH is 1. The van der Waals surface area contributed by atoms with Crippen LogP contribution in [-0.2, 0) is 6.54 Å². The zero-order chi connectivity index (χ0) is 16.1. The summed E-state index contributed by atoms with van der Waals surface area (Å²) in [6.45, 7) is 2.18. The Balaban J connectivity index is 1.77. The zero-order valence-corrected chi connectivity index (χ0v) is 13.6. The molecule has 6 heteroatoms. The highest BCUT2D eigenvalue weighted by atomic mass is 32.1. The molecule has 0 atom stereocenters. The second-order valence-corrected chi connectivity index (χ2v) is 6.19. The van der Waals surface area contributed by atoms with Crippen molar-refractivity contribution in [1.29, 1.82) is 0 Å². The standard InChI is InChI=1S/C17H19N3O2S/c21-11-4-8-19(14-5-2-1-3-6-14)9-10-20-13-18-15-7-12-23-16(15)17(20)22/h1-3,5-7,12-13,21H,4,8-11H2. The molecule has 0 aliphatic rings. The van der Waals surface area contributed by atoms with Gasteiger partial charge in [-0.2, -0.15) is 0 Å². The molecule has 5 nitrogen and oxygen atoms in total. The predicted molar refractivity (Wildman–Crippen MR) is 94.2 cm³/mol. The Morgan fingerprint density at radius 2 is 2.00 bits per heavy atom. The van der Waals surface area contributed by atoms with Crippen molar-refractivity contribution in [2.45, 2.75) is 13.0 Å². The monoisotopic (exact) mass is 329 g/mol. The molecule has 2 aromatic heterocycles. The van der Waals surface area contributed by atoms with Crippen LogP contribution in [-0.4, -0.2) is 34.4 Å². The Labute approximate surface area is 138 Å². The van der Waals surface area contributed by atoms with Crippen molar-refractivity contribution < 1.29 is 5.11 Å². The predicted octanol–water partition coefficient (Wildman–Crippen LogP) is 2.35. The van der Waals surface area contributed by atoms with Crippen LogP contribution in [0.3, 0.4) is 0 Å². The highest BCUT2D eigenvalue weighted by Crippen LogP contribution is 2.15. The number of hydrogen-bond acceptors (Lipinski definition) is 5. The number of rotatable bonds is 7. The van der Waals surface area contributed by atoms with Crippen molar-refractivity contribution in [3.05, 3.63) is 58.5 Å². The first kappa shape index (κ1) is 15.7. The van der Waals surface area contributed by atoms with Crippen LogP contribution in [0, 0.1) is 0 Å². The van der Waals surface area contributed by atoms with Crippen molar-refractivity contribution >= 4 is 27.2 Å². The normalized spacial score (nSPS) is 11.0. The van der Waals surface area contributed by atoms with E-state index in [4.69, 9.17) is 5.11 Å². The van der Waals surface area contributed by atoms with E-state index in [1.807, 2.05) is 41.8 Å². The van der Waals surface area contributed by atoms with E-state index in [-0.39, 0.29) is 12.2 Å². The highest BCUT2D eigenvalue weighted by Gasteiger charge is 2.09. The SMILES string of the molecule is O=c1c2sccc2ncn1CCN(CCCO)c1ccccc1. The van der Waals surface area contributed by atoms with Gasteiger partial charge < -0.3 is 10.0 Å². The summed E-state index contributed by atoms with van der Waals surface area (Å²) in [6.07, 6.45) is 2.32. The Morgan fingerprint density at radius 3 is 2.78 bits per heavy atom. The molecule has 0 bridgehead atoms. The number of benzene rings is 1. The van der Waals surface area contributed by atoms with Crippen LogP contribution < -0.4 is 10.5 Å². The van der Waals surface area contributed by atoms with Gasteiger partial charge in [-0.3, -0.25) is 9.36 Å². The molecule has 3 rings (SSSR count). The van der Waals surface area contributed by atoms with Crippen molar-refractivity contribution in [2.24, 2.45) is 0 Å². The van der Waals surface area contributed by atoms with E-state index in [9.17, 15) is 4.79 Å². The molecule has 0 spiro atoms. The third-order valence-electron chi connectivity index (χ3n) is 3.75. The minimum atomic E-state index is 0.0140. The third kappa shape index (κ3) is 3.60. The number of hydrogen-bond donors (Lipinski definition) is 1. The molecule has 0 aliphatic heterocycles. The van der Waals surface area contributed by atoms with E-state index in [2.05, 4.69) is 9.88 Å². The molecule has 120 valence electrons. The molecule has 0 unspecified atom stereocenters. The van der Waals surface area contributed by atoms with Crippen molar-refractivity contribution in [3.63, 3.8) is 0 Å². The molecule has 3 aromatic rings. The van der Waals surface area contributed by atoms with Crippen LogP contribution in [0.15, 0.2) is 52.9 Å². The van der Waals surface area contributed by atoms with Gasteiger partial charge in [-0.25, -0.2) is 4.98 Å². The van der Waals surface area contributed by atoms with E-state index in [0.717, 1.165) is 17.7 Å². The van der Waals surface area contributed by atoms with E-state index in [0.29, 0.717) is 24.2 Å². The van der Waals surface area contributed by atoms with Crippen molar-refractivity contribution in [1.82, 2.24) is 9.55 Å². The fraction of sp³-hybridized carbons (Fsp3) is 0.294. The molecule has 1 N–H and O–H groups in total. The van der Waals surface area contributed by atoms with Crippen LogP contribution in [0.2, 0.25) is 0 Å². The molecule has 0 amide bonds. The number of anilines is 1. The second kappa shape index (κ2) is 7.39. The van der Waals surface area contributed by atoms with Crippen LogP contribution in [0.25, 0.3) is 10.2 Å². The molecule has 0 saturated carbocycles. The summed E-state index contributed by atoms with van der Waals surface area (Å²) in [5, 5.41) is 11.0. The van der Waals surface area contributed by atoms with Crippen LogP contribution in [0.4, 0.5) is 5.69 Å². The molecular formula is C17H19N3O2S. The highest BCUT2D eigenvalue weighted by molar-refractivity contribution is 7.17. The lowest BCUT2D eigenvalue weighted by atomic mass is 10.2. The molecule has 1 aromatic carbocycles. The molecule has 2 heterocycles. The first-order chi connectivity index (χ1) is 11.3. The Bertz CT molecular complexity index is 813. The lowest BCUT2D eigenvalue weighted by molar-refractivity contribution is 0.289. The first-order valence-electron chi connectivity index (χ1n) is 7.63. The smallest absolute Gasteiger partial charge is 0.271 e. The molecule has 0 fully saturated rings. The minimum absolute atomic E-state index is 0.0140. The third-order valence-corrected chi connectivity index (χ3v) is 4.65. The summed E-state index contributed by atoms with van der Waals surface area (Å²) < 4.78 is 2.36. The van der Waals surface area contributed by atoms with E-state index >= 15 is 0 Å². The minimum Gasteiger partial charge on any atom is -0.396 e. The molecule has 23 heavy (non-hydrogen) atoms. The molecule has 0 radical (unpaired) electrons. The average Bonchev–Trinajstić information content (AvgIpc) is 3.07. The number of nitrogens with zero attached hydrogens (tertiary/aromatic N) is 3. The first-order valence-corrected chi connectivity index (χ1v) is 8.51. The quantitative estimate of drug-likeness (QED) is 0.723. The summed E-state index contributed by atoms with van der Waals surface area (Å²) >= 11 is 1.43. The summed E-state index contributed by atoms with van der Waals surface area (Å²) in [6, 6.07) is 11.9. The number of para-hydroxylation sites is 1. The molecule has 0 aliphatic carbocycles. The van der Waals surface area contributed by atoms with E-state index in [1.165, 1.54) is 11.3 Å². The molecular weight excluding hydrogens is 310 g/mol. The fourth-order valence-electron chi connectivity index (χ4n) is 2.54. The Kier molecular flexibility index (Phi) is 5.05. The van der Waals surface area contributed by atoms with Crippen molar-refractivity contribution in [3.8, 4) is 0 Å². The van der Waals surface area contributed by atoms with Crippen molar-refractivity contribution in [2.75, 3.05) is 24.6 Å². The summed E-state index contributed by atoms with van der Waals surface area (Å²) in [4.78, 5) is 18.9. The van der Waals surface area contributed by atoms with Gasteiger partial charge in [-0.15, -0.1) is 11.3 Å². The van der Waals surface area contributed by atoms with Gasteiger partial charge in [0.2, 0.25) is 0 Å². The van der Waals surface area contributed by atoms with Gasteiger partial charge in [0, 0.05) is 31.9 Å².